The van der Waals surface area contributed by atoms with Gasteiger partial charge in [0.15, 0.2) is 11.6 Å². The molecule has 2 nitrogen and oxygen atoms in total. The van der Waals surface area contributed by atoms with E-state index in [-0.39, 0.29) is 0 Å². The van der Waals surface area contributed by atoms with E-state index in [9.17, 15) is 17.3 Å². The average molecular weight is 278 g/mol. The molecule has 0 bridgehead atoms. The van der Waals surface area contributed by atoms with Crippen LogP contribution in [-0.2, 0) is 6.54 Å². The highest BCUT2D eigenvalue weighted by Gasteiger charge is 2.20. The zero-order valence-electron chi connectivity index (χ0n) is 9.56. The first-order valence-corrected chi connectivity index (χ1v) is 6.06. The van der Waals surface area contributed by atoms with Crippen molar-refractivity contribution in [3.8, 4) is 10.6 Å². The summed E-state index contributed by atoms with van der Waals surface area (Å²) in [5.41, 5.74) is 3.24. The Morgan fingerprint density at radius 3 is 2.17 bits per heavy atom. The summed E-state index contributed by atoms with van der Waals surface area (Å²) in [5, 5.41) is 5.52. The minimum Gasteiger partial charge on any atom is -0.418 e. The van der Waals surface area contributed by atoms with Crippen molar-refractivity contribution in [1.82, 2.24) is 5.10 Å². The number of halogens is 4. The highest BCUT2D eigenvalue weighted by molar-refractivity contribution is 7.12. The normalized spacial score (nSPS) is 10.7. The van der Waals surface area contributed by atoms with Crippen molar-refractivity contribution in [2.24, 2.45) is 0 Å². The van der Waals surface area contributed by atoms with Gasteiger partial charge in [-0.05, 0) is 18.3 Å². The minimum absolute atomic E-state index is 0.934. The number of aryl methyl sites for hydroxylation is 1. The van der Waals surface area contributed by atoms with Crippen LogP contribution in [0.5, 0.6) is 0 Å². The molecular formula is C10H11BF4N2S. The van der Waals surface area contributed by atoms with Crippen LogP contribution in [0.1, 0.15) is 6.92 Å². The second-order valence-electron chi connectivity index (χ2n) is 3.25. The molecule has 1 aromatic heterocycles. The van der Waals surface area contributed by atoms with Crippen LogP contribution in [0.15, 0.2) is 35.8 Å². The predicted octanol–water partition coefficient (Wildman–Crippen LogP) is 3.42. The molecule has 1 aromatic carbocycles. The molecule has 0 aliphatic rings. The van der Waals surface area contributed by atoms with E-state index in [1.165, 1.54) is 5.56 Å². The summed E-state index contributed by atoms with van der Waals surface area (Å²) in [7, 11) is -6.00. The molecule has 0 fully saturated rings. The summed E-state index contributed by atoms with van der Waals surface area (Å²) < 4.78 is 41.0. The van der Waals surface area contributed by atoms with Gasteiger partial charge in [-0.3, -0.25) is 0 Å². The lowest BCUT2D eigenvalue weighted by Gasteiger charge is -1.94. The first-order chi connectivity index (χ1) is 8.40. The zero-order valence-corrected chi connectivity index (χ0v) is 10.4. The van der Waals surface area contributed by atoms with E-state index < -0.39 is 7.25 Å². The Hall–Kier alpha value is -1.44. The third-order valence-electron chi connectivity index (χ3n) is 1.85. The molecule has 98 valence electrons. The molecule has 1 heterocycles. The van der Waals surface area contributed by atoms with Gasteiger partial charge >= 0.3 is 7.25 Å². The van der Waals surface area contributed by atoms with Crippen LogP contribution in [0.25, 0.3) is 10.6 Å². The lowest BCUT2D eigenvalue weighted by Crippen LogP contribution is -2.32. The van der Waals surface area contributed by atoms with Gasteiger partial charge in [0.1, 0.15) is 0 Å². The fourth-order valence-corrected chi connectivity index (χ4v) is 1.97. The molecule has 2 aromatic rings. The van der Waals surface area contributed by atoms with Crippen molar-refractivity contribution in [3.05, 3.63) is 35.8 Å². The van der Waals surface area contributed by atoms with Crippen molar-refractivity contribution < 1.29 is 21.9 Å². The Morgan fingerprint density at radius 2 is 1.72 bits per heavy atom. The predicted molar refractivity (Wildman–Crippen MR) is 63.6 cm³/mol. The summed E-state index contributed by atoms with van der Waals surface area (Å²) in [6, 6.07) is 10.3. The fraction of sp³-hybridized carbons (Fsp3) is 0.200. The lowest BCUT2D eigenvalue weighted by molar-refractivity contribution is -0.745. The van der Waals surface area contributed by atoms with Gasteiger partial charge in [-0.1, -0.05) is 35.0 Å². The molecule has 8 heteroatoms. The van der Waals surface area contributed by atoms with Crippen LogP contribution >= 0.6 is 11.3 Å². The van der Waals surface area contributed by atoms with E-state index in [2.05, 4.69) is 24.2 Å². The standard InChI is InChI=1S/C10H11N2S.BF4/c1-2-12-8-13-10(11-12)9-6-4-3-5-7-9;2-1(3,4)5/h3-8H,2H2,1H3;/q+1;-1. The van der Waals surface area contributed by atoms with Crippen LogP contribution in [0.2, 0.25) is 0 Å². The summed E-state index contributed by atoms with van der Waals surface area (Å²) in [5.74, 6) is 0. The first-order valence-electron chi connectivity index (χ1n) is 5.18. The summed E-state index contributed by atoms with van der Waals surface area (Å²) in [6.45, 7) is 3.03. The average Bonchev–Trinajstić information content (AvgIpc) is 2.76. The molecule has 0 radical (unpaired) electrons. The lowest BCUT2D eigenvalue weighted by atomic mass is 10.2. The molecule has 0 N–H and O–H groups in total. The summed E-state index contributed by atoms with van der Waals surface area (Å²) >= 11 is 1.68. The smallest absolute Gasteiger partial charge is 0.418 e. The SMILES string of the molecule is CC[n+]1csc(-c2ccccc2)n1.F[B-](F)(F)F. The number of nitrogens with zero attached hydrogens (tertiary/aromatic N) is 2. The van der Waals surface area contributed by atoms with Crippen molar-refractivity contribution in [1.29, 1.82) is 0 Å². The second-order valence-corrected chi connectivity index (χ2v) is 4.08. The third-order valence-corrected chi connectivity index (χ3v) is 2.74. The maximum atomic E-state index is 9.75. The van der Waals surface area contributed by atoms with Crippen LogP contribution < -0.4 is 4.68 Å². The largest absolute Gasteiger partial charge is 0.673 e. The van der Waals surface area contributed by atoms with Crippen LogP contribution in [0.4, 0.5) is 17.3 Å². The van der Waals surface area contributed by atoms with Gasteiger partial charge in [0.05, 0.1) is 0 Å². The maximum absolute atomic E-state index is 9.75. The molecule has 0 aliphatic heterocycles. The molecule has 18 heavy (non-hydrogen) atoms. The van der Waals surface area contributed by atoms with E-state index in [4.69, 9.17) is 0 Å². The van der Waals surface area contributed by atoms with E-state index in [0.29, 0.717) is 0 Å². The third kappa shape index (κ3) is 5.76. The molecule has 0 aliphatic carbocycles. The quantitative estimate of drug-likeness (QED) is 0.467. The Kier molecular flexibility index (Phi) is 5.27. The molecule has 0 saturated carbocycles. The van der Waals surface area contributed by atoms with Crippen molar-refractivity contribution >= 4 is 18.6 Å². The number of hydrogen-bond acceptors (Lipinski definition) is 2. The molecule has 0 spiro atoms. The summed E-state index contributed by atoms with van der Waals surface area (Å²) in [6.07, 6.45) is 0. The van der Waals surface area contributed by atoms with Gasteiger partial charge in [0.2, 0.25) is 0 Å². The highest BCUT2D eigenvalue weighted by atomic mass is 32.1. The number of hydrogen-bond donors (Lipinski definition) is 0. The van der Waals surface area contributed by atoms with E-state index in [1.807, 2.05) is 28.4 Å². The molecular weight excluding hydrogens is 267 g/mol. The van der Waals surface area contributed by atoms with Crippen LogP contribution in [0.3, 0.4) is 0 Å². The van der Waals surface area contributed by atoms with Gasteiger partial charge < -0.3 is 17.3 Å². The Labute approximate surface area is 106 Å². The van der Waals surface area contributed by atoms with Crippen molar-refractivity contribution in [3.63, 3.8) is 0 Å². The molecule has 0 saturated heterocycles. The number of rotatable bonds is 2. The van der Waals surface area contributed by atoms with E-state index in [0.717, 1.165) is 11.6 Å². The molecule has 0 unspecified atom stereocenters. The zero-order chi connectivity index (χ0) is 13.6. The van der Waals surface area contributed by atoms with Gasteiger partial charge in [-0.15, -0.1) is 0 Å². The topological polar surface area (TPSA) is 16.8 Å². The van der Waals surface area contributed by atoms with Crippen LogP contribution in [0, 0.1) is 0 Å². The second kappa shape index (κ2) is 6.48. The monoisotopic (exact) mass is 278 g/mol. The first kappa shape index (κ1) is 14.6. The summed E-state index contributed by atoms with van der Waals surface area (Å²) in [4.78, 5) is 0. The van der Waals surface area contributed by atoms with Crippen molar-refractivity contribution in [2.75, 3.05) is 0 Å². The van der Waals surface area contributed by atoms with Gasteiger partial charge in [-0.2, -0.15) is 0 Å². The minimum atomic E-state index is -6.00. The van der Waals surface area contributed by atoms with E-state index >= 15 is 0 Å². The van der Waals surface area contributed by atoms with Crippen LogP contribution in [-0.4, -0.2) is 12.4 Å². The Balaban J connectivity index is 0.000000280. The van der Waals surface area contributed by atoms with Gasteiger partial charge in [-0.25, -0.2) is 0 Å². The van der Waals surface area contributed by atoms with Gasteiger partial charge in [0, 0.05) is 10.7 Å². The molecule has 0 atom stereocenters. The molecule has 2 rings (SSSR count). The fourth-order valence-electron chi connectivity index (χ4n) is 1.13. The molecule has 0 amide bonds. The van der Waals surface area contributed by atoms with Crippen molar-refractivity contribution in [2.45, 2.75) is 13.5 Å². The maximum Gasteiger partial charge on any atom is 0.673 e. The Morgan fingerprint density at radius 1 is 1.17 bits per heavy atom. The highest BCUT2D eigenvalue weighted by Crippen LogP contribution is 2.18. The number of benzene rings is 1. The van der Waals surface area contributed by atoms with Gasteiger partial charge in [0.25, 0.3) is 5.51 Å². The Bertz CT molecular complexity index is 466. The van der Waals surface area contributed by atoms with E-state index in [1.54, 1.807) is 11.3 Å². The number of aromatic nitrogens is 2.